The highest BCUT2D eigenvalue weighted by atomic mass is 19.1. The largest absolute Gasteiger partial charge is 0.464 e. The van der Waals surface area contributed by atoms with Crippen molar-refractivity contribution in [3.8, 4) is 11.3 Å². The van der Waals surface area contributed by atoms with E-state index in [1.807, 2.05) is 12.1 Å². The van der Waals surface area contributed by atoms with Crippen LogP contribution in [0.3, 0.4) is 0 Å². The van der Waals surface area contributed by atoms with Crippen molar-refractivity contribution < 1.29 is 23.1 Å². The number of carbonyl (C=O) groups is 2. The van der Waals surface area contributed by atoms with Crippen LogP contribution < -0.4 is 10.2 Å². The number of carbonyl (C=O) groups excluding carboxylic acids is 2. The van der Waals surface area contributed by atoms with Gasteiger partial charge in [0.15, 0.2) is 17.8 Å². The lowest BCUT2D eigenvalue weighted by Gasteiger charge is -2.36. The number of ether oxygens (including phenoxy) is 1. The van der Waals surface area contributed by atoms with Gasteiger partial charge in [-0.25, -0.2) is 14.2 Å². The van der Waals surface area contributed by atoms with E-state index >= 15 is 0 Å². The van der Waals surface area contributed by atoms with Crippen molar-refractivity contribution in [2.75, 3.05) is 51.3 Å². The predicted octanol–water partition coefficient (Wildman–Crippen LogP) is 3.21. The quantitative estimate of drug-likeness (QED) is 0.403. The highest BCUT2D eigenvalue weighted by Crippen LogP contribution is 2.27. The second-order valence-corrected chi connectivity index (χ2v) is 7.98. The Balaban J connectivity index is 1.27. The van der Waals surface area contributed by atoms with E-state index in [4.69, 9.17) is 9.15 Å². The molecule has 0 spiro atoms. The van der Waals surface area contributed by atoms with Crippen LogP contribution >= 0.6 is 0 Å². The average Bonchev–Trinajstić information content (AvgIpc) is 3.37. The third-order valence-electron chi connectivity index (χ3n) is 5.86. The summed E-state index contributed by atoms with van der Waals surface area (Å²) < 4.78 is 23.3. The minimum absolute atomic E-state index is 0.0301. The summed E-state index contributed by atoms with van der Waals surface area (Å²) in [6, 6.07) is 13.5. The molecule has 1 fully saturated rings. The lowest BCUT2D eigenvalue weighted by molar-refractivity contribution is 0.0595. The molecule has 1 aliphatic rings. The van der Waals surface area contributed by atoms with Crippen molar-refractivity contribution in [2.45, 2.75) is 6.42 Å². The van der Waals surface area contributed by atoms with E-state index in [2.05, 4.69) is 20.1 Å². The van der Waals surface area contributed by atoms with E-state index in [9.17, 15) is 14.0 Å². The summed E-state index contributed by atoms with van der Waals surface area (Å²) in [6.45, 7) is 4.97. The minimum atomic E-state index is -0.626. The van der Waals surface area contributed by atoms with Crippen LogP contribution in [-0.2, 0) is 4.74 Å². The molecule has 1 N–H and O–H groups in total. The predicted molar refractivity (Wildman–Crippen MR) is 125 cm³/mol. The Hall–Kier alpha value is -3.72. The summed E-state index contributed by atoms with van der Waals surface area (Å²) in [5.41, 5.74) is 1.95. The Kier molecular flexibility index (Phi) is 7.54. The van der Waals surface area contributed by atoms with Crippen LogP contribution in [0.15, 0.2) is 59.3 Å². The second-order valence-electron chi connectivity index (χ2n) is 7.98. The number of oxazole rings is 1. The number of amides is 1. The van der Waals surface area contributed by atoms with Crippen LogP contribution in [0.1, 0.15) is 27.3 Å². The zero-order chi connectivity index (χ0) is 23.9. The number of hydrogen-bond donors (Lipinski definition) is 1. The molecular weight excluding hydrogens is 439 g/mol. The molecule has 1 amide bonds. The molecule has 0 saturated carbocycles. The second kappa shape index (κ2) is 10.9. The summed E-state index contributed by atoms with van der Waals surface area (Å²) >= 11 is 0. The van der Waals surface area contributed by atoms with E-state index in [1.54, 1.807) is 24.3 Å². The van der Waals surface area contributed by atoms with Gasteiger partial charge in [0.25, 0.3) is 5.91 Å². The molecule has 0 atom stereocenters. The molecular formula is C25H27FN4O4. The van der Waals surface area contributed by atoms with Crippen molar-refractivity contribution in [1.29, 1.82) is 0 Å². The zero-order valence-electron chi connectivity index (χ0n) is 19.0. The number of rotatable bonds is 8. The SMILES string of the molecule is COC(=O)c1ncoc1-c1ccccc1C(=O)NCCCN1CCN(c2ccc(F)cc2)CC1. The molecule has 4 rings (SSSR count). The molecule has 3 aromatic rings. The fourth-order valence-corrected chi connectivity index (χ4v) is 4.04. The highest BCUT2D eigenvalue weighted by molar-refractivity contribution is 6.03. The van der Waals surface area contributed by atoms with Crippen LogP contribution in [0.2, 0.25) is 0 Å². The number of methoxy groups -OCH3 is 1. The summed E-state index contributed by atoms with van der Waals surface area (Å²) in [4.78, 5) is 33.3. The molecule has 2 aromatic carbocycles. The van der Waals surface area contributed by atoms with Gasteiger partial charge in [-0.2, -0.15) is 0 Å². The van der Waals surface area contributed by atoms with Gasteiger partial charge in [-0.15, -0.1) is 0 Å². The Morgan fingerprint density at radius 1 is 1.09 bits per heavy atom. The molecule has 9 heteroatoms. The van der Waals surface area contributed by atoms with Gasteiger partial charge in [0, 0.05) is 44.0 Å². The number of nitrogens with one attached hydrogen (secondary N) is 1. The molecule has 34 heavy (non-hydrogen) atoms. The van der Waals surface area contributed by atoms with Gasteiger partial charge < -0.3 is 19.4 Å². The summed E-state index contributed by atoms with van der Waals surface area (Å²) in [7, 11) is 1.27. The minimum Gasteiger partial charge on any atom is -0.464 e. The van der Waals surface area contributed by atoms with Gasteiger partial charge in [0.1, 0.15) is 5.82 Å². The van der Waals surface area contributed by atoms with E-state index in [0.717, 1.165) is 51.2 Å². The van der Waals surface area contributed by atoms with Crippen molar-refractivity contribution in [1.82, 2.24) is 15.2 Å². The lowest BCUT2D eigenvalue weighted by Crippen LogP contribution is -2.47. The van der Waals surface area contributed by atoms with Crippen LogP contribution in [0.5, 0.6) is 0 Å². The Bertz CT molecular complexity index is 1120. The third-order valence-corrected chi connectivity index (χ3v) is 5.86. The van der Waals surface area contributed by atoms with E-state index < -0.39 is 5.97 Å². The topological polar surface area (TPSA) is 87.9 Å². The molecule has 8 nitrogen and oxygen atoms in total. The van der Waals surface area contributed by atoms with E-state index in [0.29, 0.717) is 17.7 Å². The van der Waals surface area contributed by atoms with Gasteiger partial charge in [-0.1, -0.05) is 18.2 Å². The van der Waals surface area contributed by atoms with Gasteiger partial charge in [-0.3, -0.25) is 9.69 Å². The van der Waals surface area contributed by atoms with Crippen LogP contribution in [0.4, 0.5) is 10.1 Å². The standard InChI is InChI=1S/C25H27FN4O4/c1-33-25(32)22-23(34-17-28-22)20-5-2-3-6-21(20)24(31)27-11-4-12-29-13-15-30(16-14-29)19-9-7-18(26)8-10-19/h2-3,5-10,17H,4,11-16H2,1H3,(H,27,31). The average molecular weight is 467 g/mol. The first-order valence-corrected chi connectivity index (χ1v) is 11.2. The zero-order valence-corrected chi connectivity index (χ0v) is 19.0. The first kappa shape index (κ1) is 23.4. The molecule has 0 bridgehead atoms. The molecule has 0 unspecified atom stereocenters. The van der Waals surface area contributed by atoms with Crippen LogP contribution in [0.25, 0.3) is 11.3 Å². The van der Waals surface area contributed by atoms with Crippen molar-refractivity contribution in [3.63, 3.8) is 0 Å². The number of hydrogen-bond acceptors (Lipinski definition) is 7. The van der Waals surface area contributed by atoms with Crippen molar-refractivity contribution in [3.05, 3.63) is 72.0 Å². The number of piperazine rings is 1. The maximum absolute atomic E-state index is 13.1. The molecule has 2 heterocycles. The first-order valence-electron chi connectivity index (χ1n) is 11.2. The van der Waals surface area contributed by atoms with Gasteiger partial charge >= 0.3 is 5.97 Å². The number of esters is 1. The monoisotopic (exact) mass is 466 g/mol. The Morgan fingerprint density at radius 3 is 2.56 bits per heavy atom. The summed E-state index contributed by atoms with van der Waals surface area (Å²) in [6.07, 6.45) is 1.96. The molecule has 1 aromatic heterocycles. The number of benzene rings is 2. The maximum Gasteiger partial charge on any atom is 0.360 e. The molecule has 0 aliphatic carbocycles. The highest BCUT2D eigenvalue weighted by Gasteiger charge is 2.23. The normalized spacial score (nSPS) is 14.1. The lowest BCUT2D eigenvalue weighted by atomic mass is 10.0. The van der Waals surface area contributed by atoms with E-state index in [1.165, 1.54) is 19.2 Å². The van der Waals surface area contributed by atoms with Gasteiger partial charge in [-0.05, 0) is 43.3 Å². The molecule has 1 aliphatic heterocycles. The fraction of sp³-hybridized carbons (Fsp3) is 0.320. The Labute approximate surface area is 197 Å². The Morgan fingerprint density at radius 2 is 1.82 bits per heavy atom. The third kappa shape index (κ3) is 5.43. The van der Waals surface area contributed by atoms with E-state index in [-0.39, 0.29) is 23.2 Å². The number of nitrogens with zero attached hydrogens (tertiary/aromatic N) is 3. The smallest absolute Gasteiger partial charge is 0.360 e. The summed E-state index contributed by atoms with van der Waals surface area (Å²) in [5, 5.41) is 2.95. The molecule has 1 saturated heterocycles. The number of anilines is 1. The molecule has 0 radical (unpaired) electrons. The first-order chi connectivity index (χ1) is 16.6. The van der Waals surface area contributed by atoms with Crippen molar-refractivity contribution in [2.24, 2.45) is 0 Å². The van der Waals surface area contributed by atoms with Crippen LogP contribution in [-0.4, -0.2) is 68.1 Å². The fourth-order valence-electron chi connectivity index (χ4n) is 4.04. The van der Waals surface area contributed by atoms with Gasteiger partial charge in [0.2, 0.25) is 0 Å². The van der Waals surface area contributed by atoms with Gasteiger partial charge in [0.05, 0.1) is 12.7 Å². The summed E-state index contributed by atoms with van der Waals surface area (Å²) in [5.74, 6) is -0.893. The van der Waals surface area contributed by atoms with Crippen molar-refractivity contribution >= 4 is 17.6 Å². The molecule has 178 valence electrons. The maximum atomic E-state index is 13.1. The number of halogens is 1. The van der Waals surface area contributed by atoms with Crippen LogP contribution in [0, 0.1) is 5.82 Å². The number of aromatic nitrogens is 1.